The van der Waals surface area contributed by atoms with Gasteiger partial charge in [-0.3, -0.25) is 14.2 Å². The Bertz CT molecular complexity index is 1180. The number of hydrogen-bond donors (Lipinski definition) is 0. The lowest BCUT2D eigenvalue weighted by atomic mass is 10.1. The van der Waals surface area contributed by atoms with Crippen molar-refractivity contribution in [3.05, 3.63) is 73.1 Å². The smallest absolute Gasteiger partial charge is 0.305 e. The predicted molar refractivity (Wildman–Crippen MR) is 231 cm³/mol. The number of likely N-dealkylation sites (N-methyl/N-ethyl adjacent to an activating group) is 1. The van der Waals surface area contributed by atoms with Gasteiger partial charge in [0.15, 0.2) is 11.9 Å². The van der Waals surface area contributed by atoms with E-state index in [1.165, 1.54) is 64.2 Å². The van der Waals surface area contributed by atoms with E-state index in [1.54, 1.807) is 12.3 Å². The number of phosphoric acid groups is 1. The van der Waals surface area contributed by atoms with Gasteiger partial charge < -0.3 is 27.9 Å². The highest BCUT2D eigenvalue weighted by Gasteiger charge is 2.19. The fraction of sp³-hybridized carbons (Fsp3) is 0.696. The third-order valence-corrected chi connectivity index (χ3v) is 9.76. The van der Waals surface area contributed by atoms with Crippen molar-refractivity contribution in [1.82, 2.24) is 0 Å². The van der Waals surface area contributed by atoms with Crippen LogP contribution < -0.4 is 4.89 Å². The Morgan fingerprint density at radius 2 is 1.18 bits per heavy atom. The molecule has 0 radical (unpaired) electrons. The summed E-state index contributed by atoms with van der Waals surface area (Å²) in [6, 6.07) is 0. The predicted octanol–water partition coefficient (Wildman–Crippen LogP) is 11.6. The van der Waals surface area contributed by atoms with Gasteiger partial charge in [0.1, 0.15) is 19.8 Å². The zero-order valence-corrected chi connectivity index (χ0v) is 36.9. The van der Waals surface area contributed by atoms with Crippen molar-refractivity contribution in [3.63, 3.8) is 0 Å². The van der Waals surface area contributed by atoms with Crippen molar-refractivity contribution in [2.24, 2.45) is 0 Å². The van der Waals surface area contributed by atoms with E-state index in [1.807, 2.05) is 51.5 Å². The van der Waals surface area contributed by atoms with Gasteiger partial charge >= 0.3 is 5.97 Å². The van der Waals surface area contributed by atoms with Gasteiger partial charge in [0.05, 0.1) is 34.0 Å². The molecule has 0 aliphatic carbocycles. The molecule has 56 heavy (non-hydrogen) atoms. The summed E-state index contributed by atoms with van der Waals surface area (Å²) in [7, 11) is 1.28. The number of carbonyl (C=O) groups excluding carboxylic acids is 2. The lowest BCUT2D eigenvalue weighted by Gasteiger charge is -2.28. The third-order valence-electron chi connectivity index (χ3n) is 8.80. The first-order valence-electron chi connectivity index (χ1n) is 21.7. The molecule has 0 heterocycles. The topological polar surface area (TPSA) is 111 Å². The molecule has 0 N–H and O–H groups in total. The summed E-state index contributed by atoms with van der Waals surface area (Å²) in [5.74, 6) is -0.194. The van der Waals surface area contributed by atoms with E-state index in [4.69, 9.17) is 18.5 Å². The Labute approximate surface area is 342 Å². The van der Waals surface area contributed by atoms with Gasteiger partial charge in [-0.15, -0.1) is 0 Å². The van der Waals surface area contributed by atoms with E-state index in [0.717, 1.165) is 57.8 Å². The molecule has 1 unspecified atom stereocenters. The van der Waals surface area contributed by atoms with E-state index in [9.17, 15) is 19.0 Å². The van der Waals surface area contributed by atoms with E-state index in [-0.39, 0.29) is 38.0 Å². The van der Waals surface area contributed by atoms with Crippen LogP contribution in [0.2, 0.25) is 0 Å². The number of hydrogen-bond acceptors (Lipinski definition) is 8. The van der Waals surface area contributed by atoms with Crippen LogP contribution in [0, 0.1) is 0 Å². The summed E-state index contributed by atoms with van der Waals surface area (Å²) in [5, 5.41) is 0. The van der Waals surface area contributed by atoms with Crippen LogP contribution in [0.3, 0.4) is 0 Å². The molecular formula is C46H80NO8P. The van der Waals surface area contributed by atoms with Gasteiger partial charge in [-0.25, -0.2) is 0 Å². The van der Waals surface area contributed by atoms with E-state index in [2.05, 4.69) is 44.2 Å². The summed E-state index contributed by atoms with van der Waals surface area (Å²) >= 11 is 0. The van der Waals surface area contributed by atoms with Crippen LogP contribution in [0.15, 0.2) is 73.1 Å². The van der Waals surface area contributed by atoms with Gasteiger partial charge in [0, 0.05) is 12.8 Å². The molecule has 0 aromatic carbocycles. The standard InChI is InChI=1S/C46H80NO8P/c1-6-8-10-11-12-13-14-15-16-17-18-22-25-28-31-35-40-52-45(43-55-56(50,51)54-41-39-47(3,4)5)42-53-46(49)38-34-30-27-24-21-19-20-23-26-29-33-37-44(48)36-32-9-7-2/h13-14,19-20,24,26-27,29,33,35,37,40,45H,6-12,15-18,21-23,25,28,30-32,34,36,38-39,41-43H2,1-5H3/b14-13-,20-19-,27-24-,29-26-,37-33+,40-35+/t45-/m1/s1. The molecule has 9 nitrogen and oxygen atoms in total. The maximum atomic E-state index is 12.4. The molecule has 0 aliphatic heterocycles. The summed E-state index contributed by atoms with van der Waals surface area (Å²) in [6.07, 6.45) is 45.7. The van der Waals surface area contributed by atoms with Crippen LogP contribution in [0.1, 0.15) is 155 Å². The summed E-state index contributed by atoms with van der Waals surface area (Å²) in [6.45, 7) is 4.43. The highest BCUT2D eigenvalue weighted by atomic mass is 31.2. The Morgan fingerprint density at radius 1 is 0.625 bits per heavy atom. The van der Waals surface area contributed by atoms with Crippen molar-refractivity contribution in [3.8, 4) is 0 Å². The van der Waals surface area contributed by atoms with Gasteiger partial charge in [-0.05, 0) is 82.8 Å². The van der Waals surface area contributed by atoms with Crippen LogP contribution in [0.5, 0.6) is 0 Å². The van der Waals surface area contributed by atoms with Crippen LogP contribution >= 0.6 is 7.82 Å². The van der Waals surface area contributed by atoms with Gasteiger partial charge in [0.2, 0.25) is 0 Å². The molecule has 2 atom stereocenters. The average molecular weight is 806 g/mol. The van der Waals surface area contributed by atoms with Crippen LogP contribution in [-0.2, 0) is 32.7 Å². The number of allylic oxidation sites excluding steroid dienone is 11. The Balaban J connectivity index is 4.46. The molecule has 0 aromatic heterocycles. The lowest BCUT2D eigenvalue weighted by Crippen LogP contribution is -2.37. The molecule has 0 fully saturated rings. The van der Waals surface area contributed by atoms with E-state index in [0.29, 0.717) is 23.9 Å². The largest absolute Gasteiger partial charge is 0.756 e. The average Bonchev–Trinajstić information content (AvgIpc) is 3.15. The normalized spacial score (nSPS) is 14.3. The molecule has 0 saturated heterocycles. The van der Waals surface area contributed by atoms with Crippen LogP contribution in [0.4, 0.5) is 0 Å². The number of ether oxygens (including phenoxy) is 2. The highest BCUT2D eigenvalue weighted by Crippen LogP contribution is 2.38. The molecule has 0 saturated carbocycles. The molecule has 0 amide bonds. The molecule has 0 bridgehead atoms. The number of rotatable bonds is 39. The SMILES string of the molecule is CCCCCC/C=C\CCCCCCCC/C=C/O[C@H](COC(=O)CCC/C=C\C/C=C\C/C=C\C=C\C(=O)CCCCC)COP(=O)([O-])OCC[N+](C)(C)C. The van der Waals surface area contributed by atoms with Crippen LogP contribution in [0.25, 0.3) is 0 Å². The molecule has 10 heteroatoms. The number of nitrogens with zero attached hydrogens (tertiary/aromatic N) is 1. The van der Waals surface area contributed by atoms with Crippen molar-refractivity contribution < 1.29 is 42.1 Å². The first-order chi connectivity index (χ1) is 27.0. The molecule has 0 aliphatic rings. The van der Waals surface area contributed by atoms with E-state index >= 15 is 0 Å². The van der Waals surface area contributed by atoms with E-state index < -0.39 is 13.9 Å². The van der Waals surface area contributed by atoms with Gasteiger partial charge in [-0.2, -0.15) is 0 Å². The van der Waals surface area contributed by atoms with Crippen molar-refractivity contribution >= 4 is 19.6 Å². The maximum absolute atomic E-state index is 12.4. The number of unbranched alkanes of at least 4 members (excludes halogenated alkanes) is 14. The summed E-state index contributed by atoms with van der Waals surface area (Å²) in [4.78, 5) is 36.5. The minimum atomic E-state index is -4.55. The monoisotopic (exact) mass is 806 g/mol. The number of ketones is 1. The number of carbonyl (C=O) groups is 2. The van der Waals surface area contributed by atoms with Crippen molar-refractivity contribution in [1.29, 1.82) is 0 Å². The molecule has 322 valence electrons. The quantitative estimate of drug-likeness (QED) is 0.00882. The summed E-state index contributed by atoms with van der Waals surface area (Å²) in [5.41, 5.74) is 0. The molecular weight excluding hydrogens is 725 g/mol. The molecule has 0 spiro atoms. The third kappa shape index (κ3) is 41.1. The second-order valence-corrected chi connectivity index (χ2v) is 16.9. The fourth-order valence-electron chi connectivity index (χ4n) is 5.29. The first kappa shape index (κ1) is 53.5. The fourth-order valence-corrected chi connectivity index (χ4v) is 6.02. The highest BCUT2D eigenvalue weighted by molar-refractivity contribution is 7.45. The second kappa shape index (κ2) is 38.0. The molecule has 0 rings (SSSR count). The number of esters is 1. The number of quaternary nitrogens is 1. The Morgan fingerprint density at radius 3 is 1.84 bits per heavy atom. The zero-order valence-electron chi connectivity index (χ0n) is 36.1. The van der Waals surface area contributed by atoms with Crippen LogP contribution in [-0.4, -0.2) is 69.8 Å². The summed E-state index contributed by atoms with van der Waals surface area (Å²) < 4.78 is 34.2. The van der Waals surface area contributed by atoms with Gasteiger partial charge in [-0.1, -0.05) is 126 Å². The Hall–Kier alpha value is -2.55. The lowest BCUT2D eigenvalue weighted by molar-refractivity contribution is -0.870. The minimum absolute atomic E-state index is 0.00421. The van der Waals surface area contributed by atoms with Crippen molar-refractivity contribution in [2.45, 2.75) is 161 Å². The maximum Gasteiger partial charge on any atom is 0.305 e. The van der Waals surface area contributed by atoms with Crippen molar-refractivity contribution in [2.75, 3.05) is 47.5 Å². The zero-order chi connectivity index (χ0) is 41.4. The first-order valence-corrected chi connectivity index (χ1v) is 23.1. The second-order valence-electron chi connectivity index (χ2n) is 15.4. The number of phosphoric ester groups is 1. The van der Waals surface area contributed by atoms with Gasteiger partial charge in [0.25, 0.3) is 7.82 Å². The Kier molecular flexibility index (Phi) is 36.3. The molecule has 0 aromatic rings. The minimum Gasteiger partial charge on any atom is -0.756 e.